The zero-order valence-corrected chi connectivity index (χ0v) is 12.1. The van der Waals surface area contributed by atoms with Crippen molar-refractivity contribution >= 4 is 17.2 Å². The van der Waals surface area contributed by atoms with E-state index >= 15 is 0 Å². The highest BCUT2D eigenvalue weighted by atomic mass is 16.5. The number of nitrogens with zero attached hydrogens (tertiary/aromatic N) is 5. The number of hydrogen-bond acceptors (Lipinski definition) is 6. The molecule has 8 heteroatoms. The van der Waals surface area contributed by atoms with Gasteiger partial charge in [0.2, 0.25) is 11.8 Å². The number of aromatic nitrogens is 5. The summed E-state index contributed by atoms with van der Waals surface area (Å²) in [5, 5.41) is 17.9. The largest absolute Gasteiger partial charge is 0.438 e. The summed E-state index contributed by atoms with van der Waals surface area (Å²) in [4.78, 5) is 11.6. The van der Waals surface area contributed by atoms with E-state index in [1.54, 1.807) is 36.4 Å². The molecular formula is C14H14N6O2. The molecule has 1 amide bonds. The molecule has 1 aromatic carbocycles. The Labute approximate surface area is 126 Å². The van der Waals surface area contributed by atoms with E-state index in [0.717, 1.165) is 5.69 Å². The van der Waals surface area contributed by atoms with Gasteiger partial charge in [-0.05, 0) is 40.8 Å². The number of tetrazole rings is 1. The minimum absolute atomic E-state index is 0.0283. The summed E-state index contributed by atoms with van der Waals surface area (Å²) in [6, 6.07) is 10.4. The average Bonchev–Trinajstić information content (AvgIpc) is 2.96. The number of anilines is 1. The second-order valence-corrected chi connectivity index (χ2v) is 4.97. The Kier molecular flexibility index (Phi) is 3.65. The molecule has 0 aliphatic heterocycles. The number of nitrogens with one attached hydrogen (secondary N) is 1. The van der Waals surface area contributed by atoms with Gasteiger partial charge in [0.1, 0.15) is 5.75 Å². The Morgan fingerprint density at radius 1 is 1.18 bits per heavy atom. The molecule has 0 saturated carbocycles. The van der Waals surface area contributed by atoms with Crippen molar-refractivity contribution in [2.75, 3.05) is 5.32 Å². The maximum atomic E-state index is 11.6. The van der Waals surface area contributed by atoms with Gasteiger partial charge in [0.05, 0.1) is 0 Å². The molecular weight excluding hydrogens is 284 g/mol. The van der Waals surface area contributed by atoms with Gasteiger partial charge in [-0.25, -0.2) is 0 Å². The van der Waals surface area contributed by atoms with Crippen LogP contribution in [-0.4, -0.2) is 31.2 Å². The van der Waals surface area contributed by atoms with Gasteiger partial charge >= 0.3 is 0 Å². The second kappa shape index (κ2) is 5.76. The van der Waals surface area contributed by atoms with Crippen LogP contribution in [0.3, 0.4) is 0 Å². The quantitative estimate of drug-likeness (QED) is 0.790. The summed E-state index contributed by atoms with van der Waals surface area (Å²) in [5.41, 5.74) is 1.26. The zero-order chi connectivity index (χ0) is 15.5. The van der Waals surface area contributed by atoms with Crippen molar-refractivity contribution in [3.63, 3.8) is 0 Å². The highest BCUT2D eigenvalue weighted by Gasteiger charge is 2.07. The molecule has 3 aromatic rings. The van der Waals surface area contributed by atoms with E-state index < -0.39 is 0 Å². The summed E-state index contributed by atoms with van der Waals surface area (Å²) in [7, 11) is 0. The summed E-state index contributed by atoms with van der Waals surface area (Å²) in [6.45, 7) is 3.68. The minimum atomic E-state index is -0.0665. The molecule has 0 aliphatic carbocycles. The summed E-state index contributed by atoms with van der Waals surface area (Å²) in [6.07, 6.45) is 0. The van der Waals surface area contributed by atoms with Crippen molar-refractivity contribution < 1.29 is 9.53 Å². The topological polar surface area (TPSA) is 94.3 Å². The number of fused-ring (bicyclic) bond motifs is 1. The molecule has 3 rings (SSSR count). The lowest BCUT2D eigenvalue weighted by Gasteiger charge is -2.09. The van der Waals surface area contributed by atoms with Crippen LogP contribution >= 0.6 is 0 Å². The molecule has 112 valence electrons. The molecule has 0 unspecified atom stereocenters. The number of hydrogen-bond donors (Lipinski definition) is 1. The van der Waals surface area contributed by atoms with Crippen LogP contribution < -0.4 is 10.1 Å². The highest BCUT2D eigenvalue weighted by Crippen LogP contribution is 2.21. The van der Waals surface area contributed by atoms with Crippen LogP contribution in [0.4, 0.5) is 5.69 Å². The summed E-state index contributed by atoms with van der Waals surface area (Å²) < 4.78 is 6.91. The number of amides is 1. The van der Waals surface area contributed by atoms with Gasteiger partial charge < -0.3 is 10.1 Å². The van der Waals surface area contributed by atoms with Gasteiger partial charge in [-0.3, -0.25) is 4.79 Å². The molecule has 2 aromatic heterocycles. The van der Waals surface area contributed by atoms with Crippen molar-refractivity contribution in [1.82, 2.24) is 25.3 Å². The Balaban J connectivity index is 1.71. The summed E-state index contributed by atoms with van der Waals surface area (Å²) in [5.74, 6) is 0.879. The molecule has 0 aliphatic rings. The molecule has 0 spiro atoms. The van der Waals surface area contributed by atoms with Gasteiger partial charge in [0, 0.05) is 17.7 Å². The van der Waals surface area contributed by atoms with Crippen LogP contribution in [0.1, 0.15) is 13.8 Å². The Morgan fingerprint density at radius 2 is 1.95 bits per heavy atom. The first-order chi connectivity index (χ1) is 10.6. The van der Waals surface area contributed by atoms with E-state index in [1.165, 1.54) is 4.63 Å². The van der Waals surface area contributed by atoms with Gasteiger partial charge in [-0.2, -0.15) is 0 Å². The van der Waals surface area contributed by atoms with Crippen LogP contribution in [-0.2, 0) is 4.79 Å². The van der Waals surface area contributed by atoms with Crippen LogP contribution in [0.2, 0.25) is 0 Å². The Morgan fingerprint density at radius 3 is 2.68 bits per heavy atom. The third-order valence-electron chi connectivity index (χ3n) is 2.91. The number of ether oxygens (including phenoxy) is 1. The van der Waals surface area contributed by atoms with Crippen molar-refractivity contribution in [2.24, 2.45) is 5.92 Å². The summed E-state index contributed by atoms with van der Waals surface area (Å²) >= 11 is 0. The standard InChI is InChI=1S/C14H14N6O2/c1-9(2)14(21)15-10-3-5-11(6-4-10)22-13-8-7-12-16-18-19-20(12)17-13/h3-9H,1-2H3,(H,15,21). The molecule has 0 radical (unpaired) electrons. The second-order valence-electron chi connectivity index (χ2n) is 4.97. The first kappa shape index (κ1) is 13.9. The smallest absolute Gasteiger partial charge is 0.239 e. The number of carbonyl (C=O) groups excluding carboxylic acids is 1. The lowest BCUT2D eigenvalue weighted by atomic mass is 10.2. The van der Waals surface area contributed by atoms with Crippen LogP contribution in [0.15, 0.2) is 36.4 Å². The van der Waals surface area contributed by atoms with Crippen molar-refractivity contribution in [3.05, 3.63) is 36.4 Å². The monoisotopic (exact) mass is 298 g/mol. The van der Waals surface area contributed by atoms with E-state index in [2.05, 4.69) is 25.9 Å². The third kappa shape index (κ3) is 3.00. The maximum Gasteiger partial charge on any atom is 0.239 e. The number of rotatable bonds is 4. The lowest BCUT2D eigenvalue weighted by Crippen LogP contribution is -2.17. The molecule has 0 atom stereocenters. The number of benzene rings is 1. The fraction of sp³-hybridized carbons (Fsp3) is 0.214. The Hall–Kier alpha value is -3.03. The van der Waals surface area contributed by atoms with Crippen LogP contribution in [0.25, 0.3) is 5.65 Å². The van der Waals surface area contributed by atoms with E-state index in [1.807, 2.05) is 13.8 Å². The zero-order valence-electron chi connectivity index (χ0n) is 12.1. The molecule has 1 N–H and O–H groups in total. The molecule has 22 heavy (non-hydrogen) atoms. The highest BCUT2D eigenvalue weighted by molar-refractivity contribution is 5.92. The molecule has 0 bridgehead atoms. The third-order valence-corrected chi connectivity index (χ3v) is 2.91. The van der Waals surface area contributed by atoms with E-state index in [0.29, 0.717) is 17.3 Å². The molecule has 0 fully saturated rings. The van der Waals surface area contributed by atoms with E-state index in [4.69, 9.17) is 4.74 Å². The molecule has 2 heterocycles. The fourth-order valence-electron chi connectivity index (χ4n) is 1.70. The van der Waals surface area contributed by atoms with Crippen LogP contribution in [0.5, 0.6) is 11.6 Å². The molecule has 8 nitrogen and oxygen atoms in total. The minimum Gasteiger partial charge on any atom is -0.438 e. The normalized spacial score (nSPS) is 10.9. The first-order valence-corrected chi connectivity index (χ1v) is 6.76. The predicted molar refractivity (Wildman–Crippen MR) is 78.6 cm³/mol. The first-order valence-electron chi connectivity index (χ1n) is 6.76. The van der Waals surface area contributed by atoms with Crippen molar-refractivity contribution in [1.29, 1.82) is 0 Å². The van der Waals surface area contributed by atoms with Gasteiger partial charge in [-0.15, -0.1) is 14.8 Å². The van der Waals surface area contributed by atoms with E-state index in [-0.39, 0.29) is 11.8 Å². The average molecular weight is 298 g/mol. The molecule has 0 saturated heterocycles. The fourth-order valence-corrected chi connectivity index (χ4v) is 1.70. The maximum absolute atomic E-state index is 11.6. The van der Waals surface area contributed by atoms with Gasteiger partial charge in [-0.1, -0.05) is 13.8 Å². The van der Waals surface area contributed by atoms with Gasteiger partial charge in [0.25, 0.3) is 0 Å². The van der Waals surface area contributed by atoms with Gasteiger partial charge in [0.15, 0.2) is 5.65 Å². The number of carbonyl (C=O) groups is 1. The Bertz CT molecular complexity index is 796. The lowest BCUT2D eigenvalue weighted by molar-refractivity contribution is -0.118. The van der Waals surface area contributed by atoms with E-state index in [9.17, 15) is 4.79 Å². The van der Waals surface area contributed by atoms with Crippen molar-refractivity contribution in [3.8, 4) is 11.6 Å². The predicted octanol–water partition coefficient (Wildman–Crippen LogP) is 1.91. The SMILES string of the molecule is CC(C)C(=O)Nc1ccc(Oc2ccc3nnnn3n2)cc1. The van der Waals surface area contributed by atoms with Crippen LogP contribution in [0, 0.1) is 5.92 Å². The van der Waals surface area contributed by atoms with Crippen molar-refractivity contribution in [2.45, 2.75) is 13.8 Å².